The molecule has 2 amide bonds. The molecule has 2 N–H and O–H groups in total. The number of nitrogens with zero attached hydrogens (tertiary/aromatic N) is 1. The summed E-state index contributed by atoms with van der Waals surface area (Å²) in [7, 11) is 1.66. The van der Waals surface area contributed by atoms with Gasteiger partial charge in [0.15, 0.2) is 0 Å². The molecule has 6 heteroatoms. The zero-order chi connectivity index (χ0) is 16.4. The molecule has 1 aromatic heterocycles. The van der Waals surface area contributed by atoms with Crippen molar-refractivity contribution in [1.82, 2.24) is 9.88 Å². The first-order valence-corrected chi connectivity index (χ1v) is 8.41. The fraction of sp³-hybridized carbons (Fsp3) is 0.647. The molecule has 0 unspecified atom stereocenters. The molecule has 3 rings (SSSR count). The van der Waals surface area contributed by atoms with E-state index in [1.807, 2.05) is 6.92 Å². The number of carbonyl (C=O) groups excluding carboxylic acids is 1. The molecule has 23 heavy (non-hydrogen) atoms. The van der Waals surface area contributed by atoms with Crippen molar-refractivity contribution >= 4 is 11.7 Å². The molecule has 1 heterocycles. The highest BCUT2D eigenvalue weighted by molar-refractivity contribution is 5.89. The maximum atomic E-state index is 12.3. The second-order valence-corrected chi connectivity index (χ2v) is 6.61. The predicted octanol–water partition coefficient (Wildman–Crippen LogP) is 2.24. The molecule has 0 aromatic carbocycles. The average molecular weight is 319 g/mol. The number of hydrogen-bond acceptors (Lipinski definition) is 3. The summed E-state index contributed by atoms with van der Waals surface area (Å²) < 4.78 is 7.30. The minimum atomic E-state index is -0.306. The zero-order valence-corrected chi connectivity index (χ0v) is 13.8. The van der Waals surface area contributed by atoms with Crippen LogP contribution in [0.4, 0.5) is 10.5 Å². The van der Waals surface area contributed by atoms with Gasteiger partial charge in [0.25, 0.3) is 5.56 Å². The molecule has 2 atom stereocenters. The SMILES string of the molecule is CCO[C@H]1C[C@H](NC(=O)Nc2cccn(C)c2=O)C12CCCC2. The Bertz CT molecular complexity index is 634. The second-order valence-electron chi connectivity index (χ2n) is 6.61. The molecule has 0 aliphatic heterocycles. The molecule has 2 saturated carbocycles. The van der Waals surface area contributed by atoms with Crippen molar-refractivity contribution in [2.45, 2.75) is 51.2 Å². The molecule has 1 aromatic rings. The summed E-state index contributed by atoms with van der Waals surface area (Å²) >= 11 is 0. The quantitative estimate of drug-likeness (QED) is 0.894. The van der Waals surface area contributed by atoms with Gasteiger partial charge < -0.3 is 19.9 Å². The Balaban J connectivity index is 1.64. The third kappa shape index (κ3) is 2.87. The lowest BCUT2D eigenvalue weighted by Gasteiger charge is -2.53. The highest BCUT2D eigenvalue weighted by Gasteiger charge is 2.57. The van der Waals surface area contributed by atoms with E-state index in [4.69, 9.17) is 4.74 Å². The fourth-order valence-electron chi connectivity index (χ4n) is 4.10. The van der Waals surface area contributed by atoms with Crippen LogP contribution in [0.25, 0.3) is 0 Å². The molecular weight excluding hydrogens is 294 g/mol. The first-order valence-electron chi connectivity index (χ1n) is 8.41. The fourth-order valence-corrected chi connectivity index (χ4v) is 4.10. The highest BCUT2D eigenvalue weighted by Crippen LogP contribution is 2.54. The van der Waals surface area contributed by atoms with Gasteiger partial charge in [0.1, 0.15) is 5.69 Å². The minimum Gasteiger partial charge on any atom is -0.378 e. The lowest BCUT2D eigenvalue weighted by molar-refractivity contribution is -0.126. The van der Waals surface area contributed by atoms with Gasteiger partial charge in [-0.1, -0.05) is 12.8 Å². The van der Waals surface area contributed by atoms with Gasteiger partial charge in [-0.3, -0.25) is 4.79 Å². The molecule has 2 aliphatic rings. The molecule has 6 nitrogen and oxygen atoms in total. The average Bonchev–Trinajstić information content (AvgIpc) is 3.04. The molecule has 2 aliphatic carbocycles. The van der Waals surface area contributed by atoms with Crippen molar-refractivity contribution in [1.29, 1.82) is 0 Å². The second kappa shape index (κ2) is 6.35. The number of urea groups is 1. The molecule has 0 bridgehead atoms. The highest BCUT2D eigenvalue weighted by atomic mass is 16.5. The maximum absolute atomic E-state index is 12.3. The first kappa shape index (κ1) is 16.1. The number of ether oxygens (including phenoxy) is 1. The summed E-state index contributed by atoms with van der Waals surface area (Å²) in [5, 5.41) is 5.73. The number of amides is 2. The van der Waals surface area contributed by atoms with Crippen LogP contribution in [0.1, 0.15) is 39.0 Å². The van der Waals surface area contributed by atoms with Crippen molar-refractivity contribution in [2.75, 3.05) is 11.9 Å². The number of carbonyl (C=O) groups is 1. The van der Waals surface area contributed by atoms with Crippen LogP contribution < -0.4 is 16.2 Å². The molecule has 0 radical (unpaired) electrons. The first-order chi connectivity index (χ1) is 11.1. The van der Waals surface area contributed by atoms with E-state index < -0.39 is 0 Å². The van der Waals surface area contributed by atoms with Crippen LogP contribution in [0.2, 0.25) is 0 Å². The van der Waals surface area contributed by atoms with Crippen LogP contribution in [0.5, 0.6) is 0 Å². The topological polar surface area (TPSA) is 72.4 Å². The standard InChI is InChI=1S/C17H25N3O3/c1-3-23-14-11-13(17(14)8-4-5-9-17)19-16(22)18-12-7-6-10-20(2)15(12)21/h6-7,10,13-14H,3-5,8-9,11H2,1-2H3,(H2,18,19,22)/t13-,14-/m0/s1. The smallest absolute Gasteiger partial charge is 0.319 e. The lowest BCUT2D eigenvalue weighted by Crippen LogP contribution is -2.64. The number of hydrogen-bond donors (Lipinski definition) is 2. The van der Waals surface area contributed by atoms with E-state index in [1.165, 1.54) is 17.4 Å². The summed E-state index contributed by atoms with van der Waals surface area (Å²) in [5.41, 5.74) is 0.183. The summed E-state index contributed by atoms with van der Waals surface area (Å²) in [4.78, 5) is 24.2. The molecule has 0 saturated heterocycles. The Morgan fingerprint density at radius 2 is 2.17 bits per heavy atom. The molecule has 2 fully saturated rings. The van der Waals surface area contributed by atoms with E-state index in [1.54, 1.807) is 25.4 Å². The molecular formula is C17H25N3O3. The van der Waals surface area contributed by atoms with Crippen LogP contribution in [0.15, 0.2) is 23.1 Å². The summed E-state index contributed by atoms with van der Waals surface area (Å²) in [5.74, 6) is 0. The van der Waals surface area contributed by atoms with E-state index in [2.05, 4.69) is 10.6 Å². The van der Waals surface area contributed by atoms with Gasteiger partial charge in [-0.25, -0.2) is 4.79 Å². The predicted molar refractivity (Wildman–Crippen MR) is 88.6 cm³/mol. The van der Waals surface area contributed by atoms with Crippen LogP contribution in [0.3, 0.4) is 0 Å². The Morgan fingerprint density at radius 1 is 1.43 bits per heavy atom. The normalized spacial score (nSPS) is 25.1. The van der Waals surface area contributed by atoms with Crippen LogP contribution in [-0.2, 0) is 11.8 Å². The molecule has 126 valence electrons. The van der Waals surface area contributed by atoms with E-state index in [0.29, 0.717) is 12.3 Å². The van der Waals surface area contributed by atoms with Crippen LogP contribution in [0, 0.1) is 5.41 Å². The largest absolute Gasteiger partial charge is 0.378 e. The third-order valence-electron chi connectivity index (χ3n) is 5.36. The Kier molecular flexibility index (Phi) is 4.43. The van der Waals surface area contributed by atoms with E-state index in [0.717, 1.165) is 19.3 Å². The minimum absolute atomic E-state index is 0.0923. The van der Waals surface area contributed by atoms with E-state index in [9.17, 15) is 9.59 Å². The van der Waals surface area contributed by atoms with Crippen molar-refractivity contribution in [3.05, 3.63) is 28.7 Å². The van der Waals surface area contributed by atoms with Gasteiger partial charge in [0.05, 0.1) is 6.10 Å². The number of nitrogens with one attached hydrogen (secondary N) is 2. The van der Waals surface area contributed by atoms with Crippen molar-refractivity contribution in [3.63, 3.8) is 0 Å². The molecule has 1 spiro atoms. The van der Waals surface area contributed by atoms with E-state index >= 15 is 0 Å². The Morgan fingerprint density at radius 3 is 2.87 bits per heavy atom. The van der Waals surface area contributed by atoms with Gasteiger partial charge >= 0.3 is 6.03 Å². The number of aryl methyl sites for hydroxylation is 1. The van der Waals surface area contributed by atoms with Gasteiger partial charge in [0.2, 0.25) is 0 Å². The zero-order valence-electron chi connectivity index (χ0n) is 13.8. The monoisotopic (exact) mass is 319 g/mol. The van der Waals surface area contributed by atoms with Crippen LogP contribution in [-0.4, -0.2) is 29.4 Å². The van der Waals surface area contributed by atoms with Crippen molar-refractivity contribution in [3.8, 4) is 0 Å². The number of aromatic nitrogens is 1. The Hall–Kier alpha value is -1.82. The number of anilines is 1. The summed E-state index contributed by atoms with van der Waals surface area (Å²) in [6.45, 7) is 2.73. The third-order valence-corrected chi connectivity index (χ3v) is 5.36. The van der Waals surface area contributed by atoms with Gasteiger partial charge in [-0.15, -0.1) is 0 Å². The summed E-state index contributed by atoms with van der Waals surface area (Å²) in [6, 6.07) is 3.19. The van der Waals surface area contributed by atoms with E-state index in [-0.39, 0.29) is 29.2 Å². The maximum Gasteiger partial charge on any atom is 0.319 e. The van der Waals surface area contributed by atoms with Crippen molar-refractivity contribution in [2.24, 2.45) is 12.5 Å². The van der Waals surface area contributed by atoms with Crippen LogP contribution >= 0.6 is 0 Å². The lowest BCUT2D eigenvalue weighted by atomic mass is 9.60. The van der Waals surface area contributed by atoms with Gasteiger partial charge in [-0.05, 0) is 38.3 Å². The Labute approximate surface area is 136 Å². The van der Waals surface area contributed by atoms with Gasteiger partial charge in [0, 0.05) is 31.3 Å². The number of pyridine rings is 1. The number of rotatable bonds is 4. The van der Waals surface area contributed by atoms with Gasteiger partial charge in [-0.2, -0.15) is 0 Å². The van der Waals surface area contributed by atoms with Crippen molar-refractivity contribution < 1.29 is 9.53 Å². The summed E-state index contributed by atoms with van der Waals surface area (Å²) in [6.07, 6.45) is 7.38.